The zero-order valence-electron chi connectivity index (χ0n) is 10.1. The topological polar surface area (TPSA) is 59.3 Å². The van der Waals surface area contributed by atoms with Crippen molar-refractivity contribution in [2.24, 2.45) is 0 Å². The van der Waals surface area contributed by atoms with Crippen LogP contribution in [0.25, 0.3) is 0 Å². The molecule has 0 amide bonds. The van der Waals surface area contributed by atoms with E-state index >= 15 is 0 Å². The smallest absolute Gasteiger partial charge is 0.333 e. The van der Waals surface area contributed by atoms with Crippen molar-refractivity contribution >= 4 is 17.6 Å². The fraction of sp³-hybridized carbons (Fsp3) is 0.231. The number of hydrogen-bond acceptors (Lipinski definition) is 4. The Hall–Kier alpha value is -1.99. The standard InChI is InChI=1S/C13H12ClNO3/c1-9(13(16)17-2)5-6-18-12-4-3-10(8-15)7-11(12)14/h3-5,7H,6H2,1-2H3. The van der Waals surface area contributed by atoms with Crippen molar-refractivity contribution < 1.29 is 14.3 Å². The largest absolute Gasteiger partial charge is 0.488 e. The van der Waals surface area contributed by atoms with Gasteiger partial charge in [0.1, 0.15) is 12.4 Å². The molecule has 0 aliphatic heterocycles. The molecule has 0 fully saturated rings. The average Bonchev–Trinajstić information content (AvgIpc) is 2.39. The molecule has 0 radical (unpaired) electrons. The van der Waals surface area contributed by atoms with Crippen LogP contribution < -0.4 is 4.74 Å². The molecule has 4 nitrogen and oxygen atoms in total. The number of methoxy groups -OCH3 is 1. The van der Waals surface area contributed by atoms with Crippen LogP contribution in [-0.4, -0.2) is 19.7 Å². The summed E-state index contributed by atoms with van der Waals surface area (Å²) < 4.78 is 9.92. The van der Waals surface area contributed by atoms with E-state index in [-0.39, 0.29) is 6.61 Å². The van der Waals surface area contributed by atoms with Crippen molar-refractivity contribution in [3.8, 4) is 11.8 Å². The lowest BCUT2D eigenvalue weighted by atomic mass is 10.2. The number of rotatable bonds is 4. The lowest BCUT2D eigenvalue weighted by molar-refractivity contribution is -0.136. The van der Waals surface area contributed by atoms with Crippen LogP contribution in [0.4, 0.5) is 0 Å². The van der Waals surface area contributed by atoms with Gasteiger partial charge in [0.05, 0.1) is 23.8 Å². The third kappa shape index (κ3) is 3.79. The van der Waals surface area contributed by atoms with Crippen LogP contribution in [-0.2, 0) is 9.53 Å². The van der Waals surface area contributed by atoms with E-state index in [4.69, 9.17) is 21.6 Å². The van der Waals surface area contributed by atoms with Gasteiger partial charge >= 0.3 is 5.97 Å². The van der Waals surface area contributed by atoms with Gasteiger partial charge in [-0.15, -0.1) is 0 Å². The van der Waals surface area contributed by atoms with Crippen LogP contribution in [0.5, 0.6) is 5.75 Å². The summed E-state index contributed by atoms with van der Waals surface area (Å²) in [6.07, 6.45) is 1.60. The molecule has 94 valence electrons. The Kier molecular flexibility index (Phi) is 5.22. The summed E-state index contributed by atoms with van der Waals surface area (Å²) in [4.78, 5) is 11.1. The molecular weight excluding hydrogens is 254 g/mol. The zero-order chi connectivity index (χ0) is 13.5. The Morgan fingerprint density at radius 2 is 2.28 bits per heavy atom. The summed E-state index contributed by atoms with van der Waals surface area (Å²) in [7, 11) is 1.32. The van der Waals surface area contributed by atoms with Crippen LogP contribution in [0.2, 0.25) is 5.02 Å². The Balaban J connectivity index is 2.65. The Morgan fingerprint density at radius 1 is 1.56 bits per heavy atom. The first-order chi connectivity index (χ1) is 8.58. The minimum Gasteiger partial charge on any atom is -0.488 e. The molecule has 18 heavy (non-hydrogen) atoms. The fourth-order valence-electron chi connectivity index (χ4n) is 1.19. The summed E-state index contributed by atoms with van der Waals surface area (Å²) in [5.74, 6) is 0.0640. The van der Waals surface area contributed by atoms with E-state index in [1.807, 2.05) is 6.07 Å². The molecule has 0 saturated carbocycles. The molecule has 0 heterocycles. The molecular formula is C13H12ClNO3. The lowest BCUT2D eigenvalue weighted by Crippen LogP contribution is -2.04. The third-order valence-electron chi connectivity index (χ3n) is 2.20. The van der Waals surface area contributed by atoms with Crippen molar-refractivity contribution in [3.63, 3.8) is 0 Å². The fourth-order valence-corrected chi connectivity index (χ4v) is 1.42. The molecule has 0 spiro atoms. The van der Waals surface area contributed by atoms with Gasteiger partial charge < -0.3 is 9.47 Å². The monoisotopic (exact) mass is 265 g/mol. The molecule has 0 saturated heterocycles. The van der Waals surface area contributed by atoms with E-state index in [9.17, 15) is 4.79 Å². The van der Waals surface area contributed by atoms with Gasteiger partial charge in [-0.05, 0) is 31.2 Å². The molecule has 0 bridgehead atoms. The maximum atomic E-state index is 11.1. The van der Waals surface area contributed by atoms with Crippen molar-refractivity contribution in [2.45, 2.75) is 6.92 Å². The predicted octanol–water partition coefficient (Wildman–Crippen LogP) is 2.71. The second-order valence-corrected chi connectivity index (χ2v) is 3.85. The van der Waals surface area contributed by atoms with Crippen molar-refractivity contribution in [1.29, 1.82) is 5.26 Å². The van der Waals surface area contributed by atoms with E-state index in [0.29, 0.717) is 21.9 Å². The molecule has 1 aromatic carbocycles. The Morgan fingerprint density at radius 3 is 2.83 bits per heavy atom. The first-order valence-corrected chi connectivity index (χ1v) is 5.53. The van der Waals surface area contributed by atoms with Crippen LogP contribution in [0.3, 0.4) is 0 Å². The Labute approximate surface area is 110 Å². The van der Waals surface area contributed by atoms with E-state index in [1.165, 1.54) is 13.2 Å². The van der Waals surface area contributed by atoms with Gasteiger partial charge in [-0.1, -0.05) is 11.6 Å². The summed E-state index contributed by atoms with van der Waals surface area (Å²) in [5, 5.41) is 9.04. The molecule has 5 heteroatoms. The summed E-state index contributed by atoms with van der Waals surface area (Å²) in [6.45, 7) is 1.84. The first kappa shape index (κ1) is 14.1. The van der Waals surface area contributed by atoms with Gasteiger partial charge in [-0.2, -0.15) is 5.26 Å². The van der Waals surface area contributed by atoms with Crippen molar-refractivity contribution in [2.75, 3.05) is 13.7 Å². The zero-order valence-corrected chi connectivity index (χ0v) is 10.8. The average molecular weight is 266 g/mol. The van der Waals surface area contributed by atoms with Gasteiger partial charge in [0.25, 0.3) is 0 Å². The van der Waals surface area contributed by atoms with Gasteiger partial charge in [-0.25, -0.2) is 4.79 Å². The molecule has 0 atom stereocenters. The van der Waals surface area contributed by atoms with E-state index in [0.717, 1.165) is 0 Å². The van der Waals surface area contributed by atoms with Crippen LogP contribution >= 0.6 is 11.6 Å². The molecule has 1 rings (SSSR count). The third-order valence-corrected chi connectivity index (χ3v) is 2.49. The highest BCUT2D eigenvalue weighted by molar-refractivity contribution is 6.32. The highest BCUT2D eigenvalue weighted by Gasteiger charge is 2.04. The number of halogens is 1. The predicted molar refractivity (Wildman–Crippen MR) is 67.4 cm³/mol. The number of carbonyl (C=O) groups excluding carboxylic acids is 1. The Bertz CT molecular complexity index is 517. The maximum Gasteiger partial charge on any atom is 0.333 e. The molecule has 0 aliphatic rings. The van der Waals surface area contributed by atoms with Gasteiger partial charge in [-0.3, -0.25) is 0 Å². The number of hydrogen-bond donors (Lipinski definition) is 0. The summed E-state index contributed by atoms with van der Waals surface area (Å²) in [6, 6.07) is 6.72. The second-order valence-electron chi connectivity index (χ2n) is 3.45. The highest BCUT2D eigenvalue weighted by atomic mass is 35.5. The first-order valence-electron chi connectivity index (χ1n) is 5.16. The van der Waals surface area contributed by atoms with Crippen LogP contribution in [0.1, 0.15) is 12.5 Å². The highest BCUT2D eigenvalue weighted by Crippen LogP contribution is 2.25. The SMILES string of the molecule is COC(=O)C(C)=CCOc1ccc(C#N)cc1Cl. The number of carbonyl (C=O) groups is 1. The van der Waals surface area contributed by atoms with Crippen LogP contribution in [0.15, 0.2) is 29.8 Å². The summed E-state index contributed by atoms with van der Waals surface area (Å²) in [5.41, 5.74) is 0.927. The molecule has 0 N–H and O–H groups in total. The quantitative estimate of drug-likeness (QED) is 0.620. The number of esters is 1. The second kappa shape index (κ2) is 6.67. The van der Waals surface area contributed by atoms with Crippen molar-refractivity contribution in [3.05, 3.63) is 40.4 Å². The van der Waals surface area contributed by atoms with E-state index in [1.54, 1.807) is 25.1 Å². The molecule has 0 aliphatic carbocycles. The maximum absolute atomic E-state index is 11.1. The normalized spacial score (nSPS) is 10.7. The van der Waals surface area contributed by atoms with E-state index in [2.05, 4.69) is 4.74 Å². The van der Waals surface area contributed by atoms with E-state index < -0.39 is 5.97 Å². The van der Waals surface area contributed by atoms with Gasteiger partial charge in [0.2, 0.25) is 0 Å². The number of nitriles is 1. The minimum atomic E-state index is -0.399. The minimum absolute atomic E-state index is 0.201. The number of benzene rings is 1. The van der Waals surface area contributed by atoms with Gasteiger partial charge in [0.15, 0.2) is 0 Å². The lowest BCUT2D eigenvalue weighted by Gasteiger charge is -2.06. The van der Waals surface area contributed by atoms with Crippen LogP contribution in [0, 0.1) is 11.3 Å². The molecule has 1 aromatic rings. The van der Waals surface area contributed by atoms with Crippen molar-refractivity contribution in [1.82, 2.24) is 0 Å². The number of ether oxygens (including phenoxy) is 2. The molecule has 0 unspecified atom stereocenters. The number of nitrogens with zero attached hydrogens (tertiary/aromatic N) is 1. The summed E-state index contributed by atoms with van der Waals surface area (Å²) >= 11 is 5.92. The molecule has 0 aromatic heterocycles. The van der Waals surface area contributed by atoms with Gasteiger partial charge in [0, 0.05) is 5.57 Å².